The molecule has 0 radical (unpaired) electrons. The van der Waals surface area contributed by atoms with Gasteiger partial charge in [-0.3, -0.25) is 0 Å². The Kier molecular flexibility index (Phi) is 5.93. The van der Waals surface area contributed by atoms with Crippen LogP contribution in [0, 0.1) is 0 Å². The van der Waals surface area contributed by atoms with Crippen molar-refractivity contribution in [2.24, 2.45) is 0 Å². The second kappa shape index (κ2) is 8.23. The Morgan fingerprint density at radius 3 is 2.35 bits per heavy atom. The van der Waals surface area contributed by atoms with E-state index < -0.39 is 0 Å². The van der Waals surface area contributed by atoms with Crippen LogP contribution in [-0.2, 0) is 6.54 Å². The van der Waals surface area contributed by atoms with E-state index in [1.165, 1.54) is 5.56 Å². The van der Waals surface area contributed by atoms with Crippen molar-refractivity contribution in [2.45, 2.75) is 13.5 Å². The van der Waals surface area contributed by atoms with Gasteiger partial charge in [-0.25, -0.2) is 0 Å². The van der Waals surface area contributed by atoms with Gasteiger partial charge in [0.15, 0.2) is 0 Å². The summed E-state index contributed by atoms with van der Waals surface area (Å²) in [5.74, 6) is 1.79. The van der Waals surface area contributed by atoms with E-state index in [0.717, 1.165) is 24.6 Å². The smallest absolute Gasteiger partial charge is 0.123 e. The molecule has 0 bridgehead atoms. The normalized spacial score (nSPS) is 10.2. The number of hydrogen-bond acceptors (Lipinski definition) is 3. The quantitative estimate of drug-likeness (QED) is 0.748. The zero-order chi connectivity index (χ0) is 14.0. The Morgan fingerprint density at radius 1 is 0.850 bits per heavy atom. The van der Waals surface area contributed by atoms with E-state index in [9.17, 15) is 0 Å². The number of hydrogen-bond donors (Lipinski definition) is 1. The standard InChI is InChI=1S/C17H21NO2/c1-2-18-14-15-8-6-7-11-17(15)20-13-12-19-16-9-4-3-5-10-16/h3-11,18H,2,12-14H2,1H3. The first-order valence-corrected chi connectivity index (χ1v) is 6.99. The molecule has 3 heteroatoms. The third-order valence-corrected chi connectivity index (χ3v) is 2.89. The Labute approximate surface area is 120 Å². The molecule has 3 nitrogen and oxygen atoms in total. The largest absolute Gasteiger partial charge is 0.490 e. The van der Waals surface area contributed by atoms with Crippen LogP contribution in [0.1, 0.15) is 12.5 Å². The molecule has 106 valence electrons. The molecule has 0 unspecified atom stereocenters. The maximum absolute atomic E-state index is 5.79. The SMILES string of the molecule is CCNCc1ccccc1OCCOc1ccccc1. The van der Waals surface area contributed by atoms with Crippen molar-refractivity contribution in [1.29, 1.82) is 0 Å². The summed E-state index contributed by atoms with van der Waals surface area (Å²) in [6.45, 7) is 4.95. The molecule has 0 fully saturated rings. The minimum Gasteiger partial charge on any atom is -0.490 e. The average molecular weight is 271 g/mol. The molecule has 1 N–H and O–H groups in total. The number of rotatable bonds is 8. The maximum Gasteiger partial charge on any atom is 0.123 e. The van der Waals surface area contributed by atoms with Crippen LogP contribution in [0.15, 0.2) is 54.6 Å². The molecular weight excluding hydrogens is 250 g/mol. The van der Waals surface area contributed by atoms with Crippen LogP contribution in [0.3, 0.4) is 0 Å². The molecular formula is C17H21NO2. The Morgan fingerprint density at radius 2 is 1.55 bits per heavy atom. The van der Waals surface area contributed by atoms with E-state index in [2.05, 4.69) is 18.3 Å². The summed E-state index contributed by atoms with van der Waals surface area (Å²) in [7, 11) is 0. The molecule has 0 amide bonds. The van der Waals surface area contributed by atoms with Gasteiger partial charge in [-0.05, 0) is 24.7 Å². The fourth-order valence-electron chi connectivity index (χ4n) is 1.88. The zero-order valence-corrected chi connectivity index (χ0v) is 11.8. The average Bonchev–Trinajstić information content (AvgIpc) is 2.51. The van der Waals surface area contributed by atoms with Gasteiger partial charge in [0.05, 0.1) is 0 Å². The zero-order valence-electron chi connectivity index (χ0n) is 11.8. The van der Waals surface area contributed by atoms with Gasteiger partial charge in [0.2, 0.25) is 0 Å². The van der Waals surface area contributed by atoms with Crippen LogP contribution in [0.2, 0.25) is 0 Å². The van der Waals surface area contributed by atoms with Crippen LogP contribution in [0.25, 0.3) is 0 Å². The summed E-state index contributed by atoms with van der Waals surface area (Å²) in [6.07, 6.45) is 0. The van der Waals surface area contributed by atoms with Crippen molar-refractivity contribution >= 4 is 0 Å². The van der Waals surface area contributed by atoms with E-state index in [0.29, 0.717) is 13.2 Å². The van der Waals surface area contributed by atoms with Crippen LogP contribution in [-0.4, -0.2) is 19.8 Å². The number of nitrogens with one attached hydrogen (secondary N) is 1. The second-order valence-corrected chi connectivity index (χ2v) is 4.40. The maximum atomic E-state index is 5.79. The fourth-order valence-corrected chi connectivity index (χ4v) is 1.88. The monoisotopic (exact) mass is 271 g/mol. The van der Waals surface area contributed by atoms with Gasteiger partial charge in [-0.2, -0.15) is 0 Å². The van der Waals surface area contributed by atoms with Gasteiger partial charge in [0, 0.05) is 12.1 Å². The summed E-state index contributed by atoms with van der Waals surface area (Å²) in [5.41, 5.74) is 1.18. The van der Waals surface area contributed by atoms with Crippen LogP contribution >= 0.6 is 0 Å². The summed E-state index contributed by atoms with van der Waals surface area (Å²) >= 11 is 0. The molecule has 0 aliphatic carbocycles. The van der Waals surface area contributed by atoms with E-state index >= 15 is 0 Å². The van der Waals surface area contributed by atoms with Crippen LogP contribution in [0.4, 0.5) is 0 Å². The Hall–Kier alpha value is -2.00. The van der Waals surface area contributed by atoms with Crippen LogP contribution < -0.4 is 14.8 Å². The van der Waals surface area contributed by atoms with Gasteiger partial charge in [0.25, 0.3) is 0 Å². The van der Waals surface area contributed by atoms with Gasteiger partial charge >= 0.3 is 0 Å². The van der Waals surface area contributed by atoms with E-state index in [4.69, 9.17) is 9.47 Å². The molecule has 0 aliphatic rings. The lowest BCUT2D eigenvalue weighted by Crippen LogP contribution is -2.14. The first-order chi connectivity index (χ1) is 9.90. The predicted octanol–water partition coefficient (Wildman–Crippen LogP) is 3.25. The predicted molar refractivity (Wildman–Crippen MR) is 81.3 cm³/mol. The van der Waals surface area contributed by atoms with Gasteiger partial charge in [0.1, 0.15) is 24.7 Å². The molecule has 0 saturated carbocycles. The number of para-hydroxylation sites is 2. The molecule has 0 heterocycles. The molecule has 0 atom stereocenters. The summed E-state index contributed by atoms with van der Waals surface area (Å²) in [5, 5.41) is 3.31. The molecule has 0 saturated heterocycles. The topological polar surface area (TPSA) is 30.5 Å². The lowest BCUT2D eigenvalue weighted by molar-refractivity contribution is 0.215. The van der Waals surface area contributed by atoms with E-state index in [-0.39, 0.29) is 0 Å². The Bertz CT molecular complexity index is 499. The van der Waals surface area contributed by atoms with Gasteiger partial charge in [-0.1, -0.05) is 43.3 Å². The molecule has 2 rings (SSSR count). The van der Waals surface area contributed by atoms with Crippen molar-refractivity contribution in [3.05, 3.63) is 60.2 Å². The van der Waals surface area contributed by atoms with Crippen molar-refractivity contribution < 1.29 is 9.47 Å². The highest BCUT2D eigenvalue weighted by molar-refractivity contribution is 5.33. The molecule has 2 aromatic rings. The minimum absolute atomic E-state index is 0.540. The van der Waals surface area contributed by atoms with Crippen molar-refractivity contribution in [2.75, 3.05) is 19.8 Å². The van der Waals surface area contributed by atoms with Crippen molar-refractivity contribution in [3.63, 3.8) is 0 Å². The third kappa shape index (κ3) is 4.59. The molecule has 0 spiro atoms. The summed E-state index contributed by atoms with van der Waals surface area (Å²) in [6, 6.07) is 17.9. The second-order valence-electron chi connectivity index (χ2n) is 4.40. The Balaban J connectivity index is 1.79. The number of ether oxygens (including phenoxy) is 2. The third-order valence-electron chi connectivity index (χ3n) is 2.89. The summed E-state index contributed by atoms with van der Waals surface area (Å²) in [4.78, 5) is 0. The lowest BCUT2D eigenvalue weighted by Gasteiger charge is -2.12. The van der Waals surface area contributed by atoms with Crippen molar-refractivity contribution in [3.8, 4) is 11.5 Å². The highest BCUT2D eigenvalue weighted by atomic mass is 16.5. The number of benzene rings is 2. The fraction of sp³-hybridized carbons (Fsp3) is 0.294. The van der Waals surface area contributed by atoms with Crippen LogP contribution in [0.5, 0.6) is 11.5 Å². The molecule has 0 aliphatic heterocycles. The highest BCUT2D eigenvalue weighted by Crippen LogP contribution is 2.17. The van der Waals surface area contributed by atoms with Gasteiger partial charge in [-0.15, -0.1) is 0 Å². The minimum atomic E-state index is 0.540. The van der Waals surface area contributed by atoms with E-state index in [1.807, 2.05) is 48.5 Å². The lowest BCUT2D eigenvalue weighted by atomic mass is 10.2. The molecule has 2 aromatic carbocycles. The van der Waals surface area contributed by atoms with Gasteiger partial charge < -0.3 is 14.8 Å². The van der Waals surface area contributed by atoms with E-state index in [1.54, 1.807) is 0 Å². The highest BCUT2D eigenvalue weighted by Gasteiger charge is 2.02. The summed E-state index contributed by atoms with van der Waals surface area (Å²) < 4.78 is 11.4. The van der Waals surface area contributed by atoms with Crippen molar-refractivity contribution in [1.82, 2.24) is 5.32 Å². The molecule has 20 heavy (non-hydrogen) atoms. The first-order valence-electron chi connectivity index (χ1n) is 6.99. The molecule has 0 aromatic heterocycles. The first kappa shape index (κ1) is 14.4.